The molecule has 4 aromatic carbocycles. The molecule has 0 aliphatic carbocycles. The lowest BCUT2D eigenvalue weighted by atomic mass is 9.93. The third-order valence-electron chi connectivity index (χ3n) is 4.52. The van der Waals surface area contributed by atoms with Crippen molar-refractivity contribution in [1.29, 1.82) is 0 Å². The van der Waals surface area contributed by atoms with Gasteiger partial charge in [0.25, 0.3) is 0 Å². The van der Waals surface area contributed by atoms with Crippen molar-refractivity contribution in [2.45, 2.75) is 0 Å². The minimum absolute atomic E-state index is 0.880. The number of ether oxygens (including phenoxy) is 1. The summed E-state index contributed by atoms with van der Waals surface area (Å²) in [5.41, 5.74) is 4.67. The summed E-state index contributed by atoms with van der Waals surface area (Å²) in [5.74, 6) is 1.78. The molecule has 0 saturated heterocycles. The van der Waals surface area contributed by atoms with Gasteiger partial charge in [-0.25, -0.2) is 0 Å². The first-order valence-corrected chi connectivity index (χ1v) is 8.69. The normalized spacial score (nSPS) is 11.9. The first kappa shape index (κ1) is 13.8. The molecule has 0 N–H and O–H groups in total. The zero-order valence-electron chi connectivity index (χ0n) is 12.8. The Bertz CT molecular complexity index is 1100. The van der Waals surface area contributed by atoms with Crippen LogP contribution in [-0.4, -0.2) is 0 Å². The van der Waals surface area contributed by atoms with Crippen molar-refractivity contribution in [3.63, 3.8) is 0 Å². The molecule has 0 amide bonds. The molecule has 0 saturated carbocycles. The summed E-state index contributed by atoms with van der Waals surface area (Å²) in [6.45, 7) is 0. The van der Waals surface area contributed by atoms with Crippen LogP contribution in [0.25, 0.3) is 33.0 Å². The van der Waals surface area contributed by atoms with Crippen molar-refractivity contribution in [2.75, 3.05) is 0 Å². The van der Waals surface area contributed by atoms with E-state index in [1.54, 1.807) is 0 Å². The zero-order chi connectivity index (χ0) is 16.1. The predicted molar refractivity (Wildman–Crippen MR) is 103 cm³/mol. The molecule has 114 valence electrons. The quantitative estimate of drug-likeness (QED) is 0.283. The van der Waals surface area contributed by atoms with Crippen LogP contribution in [0.2, 0.25) is 0 Å². The summed E-state index contributed by atoms with van der Waals surface area (Å²) >= 11 is 3.56. The highest BCUT2D eigenvalue weighted by Crippen LogP contribution is 2.48. The van der Waals surface area contributed by atoms with Crippen LogP contribution in [0.1, 0.15) is 0 Å². The molecule has 0 spiro atoms. The van der Waals surface area contributed by atoms with Crippen molar-refractivity contribution >= 4 is 26.7 Å². The Morgan fingerprint density at radius 1 is 0.542 bits per heavy atom. The lowest BCUT2D eigenvalue weighted by Gasteiger charge is -2.11. The van der Waals surface area contributed by atoms with E-state index >= 15 is 0 Å². The van der Waals surface area contributed by atoms with E-state index in [1.165, 1.54) is 21.9 Å². The third-order valence-corrected chi connectivity index (χ3v) is 5.01. The Hall–Kier alpha value is -2.58. The maximum atomic E-state index is 6.34. The van der Waals surface area contributed by atoms with Crippen LogP contribution < -0.4 is 4.74 Å². The summed E-state index contributed by atoms with van der Waals surface area (Å²) in [7, 11) is 0. The molecule has 1 aliphatic rings. The van der Waals surface area contributed by atoms with Gasteiger partial charge >= 0.3 is 0 Å². The van der Waals surface area contributed by atoms with E-state index in [-0.39, 0.29) is 0 Å². The van der Waals surface area contributed by atoms with Crippen molar-refractivity contribution in [1.82, 2.24) is 0 Å². The highest BCUT2D eigenvalue weighted by Gasteiger charge is 2.21. The van der Waals surface area contributed by atoms with Crippen molar-refractivity contribution in [3.05, 3.63) is 83.3 Å². The highest BCUT2D eigenvalue weighted by atomic mass is 79.9. The molecule has 2 heteroatoms. The molecule has 24 heavy (non-hydrogen) atoms. The van der Waals surface area contributed by atoms with Gasteiger partial charge in [0.15, 0.2) is 0 Å². The summed E-state index contributed by atoms with van der Waals surface area (Å²) in [5, 5.41) is 2.41. The highest BCUT2D eigenvalue weighted by molar-refractivity contribution is 9.10. The second-order valence-corrected chi connectivity index (χ2v) is 6.90. The number of benzene rings is 4. The molecule has 0 atom stereocenters. The summed E-state index contributed by atoms with van der Waals surface area (Å²) in [4.78, 5) is 0. The number of hydrogen-bond acceptors (Lipinski definition) is 1. The van der Waals surface area contributed by atoms with E-state index < -0.39 is 0 Å². The van der Waals surface area contributed by atoms with Gasteiger partial charge in [0.2, 0.25) is 0 Å². The minimum atomic E-state index is 0.880. The van der Waals surface area contributed by atoms with Gasteiger partial charge in [0.05, 0.1) is 0 Å². The van der Waals surface area contributed by atoms with Crippen LogP contribution in [0.4, 0.5) is 0 Å². The van der Waals surface area contributed by atoms with Crippen LogP contribution >= 0.6 is 15.9 Å². The van der Waals surface area contributed by atoms with Crippen LogP contribution in [0.3, 0.4) is 0 Å². The molecular weight excluding hydrogens is 360 g/mol. The van der Waals surface area contributed by atoms with Gasteiger partial charge in [0, 0.05) is 15.6 Å². The molecule has 0 fully saturated rings. The monoisotopic (exact) mass is 372 g/mol. The molecule has 4 aromatic rings. The maximum Gasteiger partial charge on any atom is 0.136 e. The predicted octanol–water partition coefficient (Wildman–Crippen LogP) is 7.04. The standard InChI is InChI=1S/C22H13BrO/c23-16-9-10-19-17-7-3-4-8-18(17)20-11-14-5-1-2-6-15(14)12-21(20)24-22(19)13-16/h1-13H. The Kier molecular flexibility index (Phi) is 3.00. The van der Waals surface area contributed by atoms with Gasteiger partial charge in [-0.05, 0) is 52.2 Å². The van der Waals surface area contributed by atoms with Crippen LogP contribution in [0, 0.1) is 0 Å². The topological polar surface area (TPSA) is 9.23 Å². The second-order valence-electron chi connectivity index (χ2n) is 5.98. The molecule has 1 aliphatic heterocycles. The van der Waals surface area contributed by atoms with Gasteiger partial charge in [-0.15, -0.1) is 0 Å². The Labute approximate surface area is 148 Å². The van der Waals surface area contributed by atoms with Crippen LogP contribution in [0.15, 0.2) is 83.3 Å². The molecule has 0 aromatic heterocycles. The fourth-order valence-corrected chi connectivity index (χ4v) is 3.73. The van der Waals surface area contributed by atoms with Gasteiger partial charge in [-0.2, -0.15) is 0 Å². The fourth-order valence-electron chi connectivity index (χ4n) is 3.39. The molecule has 1 heterocycles. The van der Waals surface area contributed by atoms with E-state index in [0.717, 1.165) is 27.1 Å². The van der Waals surface area contributed by atoms with Crippen molar-refractivity contribution < 1.29 is 4.74 Å². The van der Waals surface area contributed by atoms with E-state index in [9.17, 15) is 0 Å². The number of rotatable bonds is 0. The molecule has 1 nitrogen and oxygen atoms in total. The summed E-state index contributed by atoms with van der Waals surface area (Å²) < 4.78 is 7.36. The largest absolute Gasteiger partial charge is 0.456 e. The summed E-state index contributed by atoms with van der Waals surface area (Å²) in [6, 6.07) is 27.5. The van der Waals surface area contributed by atoms with Crippen LogP contribution in [-0.2, 0) is 0 Å². The van der Waals surface area contributed by atoms with Crippen LogP contribution in [0.5, 0.6) is 11.5 Å². The molecule has 0 radical (unpaired) electrons. The zero-order valence-corrected chi connectivity index (χ0v) is 14.4. The Morgan fingerprint density at radius 3 is 1.96 bits per heavy atom. The van der Waals surface area contributed by atoms with E-state index in [1.807, 2.05) is 6.07 Å². The lowest BCUT2D eigenvalue weighted by Crippen LogP contribution is -1.87. The fraction of sp³-hybridized carbons (Fsp3) is 0. The third kappa shape index (κ3) is 2.07. The first-order valence-electron chi connectivity index (χ1n) is 7.89. The number of fused-ring (bicyclic) bond motifs is 6. The Morgan fingerprint density at radius 2 is 1.17 bits per heavy atom. The second kappa shape index (κ2) is 5.22. The van der Waals surface area contributed by atoms with Gasteiger partial charge < -0.3 is 4.74 Å². The van der Waals surface area contributed by atoms with E-state index in [0.29, 0.717) is 0 Å². The molecule has 5 rings (SSSR count). The SMILES string of the molecule is Brc1ccc2c(c1)Oc1cc3ccccc3cc1-c1ccccc1-2. The smallest absolute Gasteiger partial charge is 0.136 e. The van der Waals surface area contributed by atoms with Gasteiger partial charge in [0.1, 0.15) is 11.5 Å². The average molecular weight is 373 g/mol. The van der Waals surface area contributed by atoms with E-state index in [4.69, 9.17) is 4.74 Å². The molecule has 0 unspecified atom stereocenters. The number of hydrogen-bond donors (Lipinski definition) is 0. The molecular formula is C22H13BrO. The minimum Gasteiger partial charge on any atom is -0.456 e. The average Bonchev–Trinajstić information content (AvgIpc) is 2.74. The Balaban J connectivity index is 1.90. The lowest BCUT2D eigenvalue weighted by molar-refractivity contribution is 0.488. The number of halogens is 1. The molecule has 0 bridgehead atoms. The van der Waals surface area contributed by atoms with Gasteiger partial charge in [-0.1, -0.05) is 64.5 Å². The van der Waals surface area contributed by atoms with E-state index in [2.05, 4.69) is 88.7 Å². The maximum absolute atomic E-state index is 6.34. The van der Waals surface area contributed by atoms with Crippen molar-refractivity contribution in [3.8, 4) is 33.8 Å². The summed E-state index contributed by atoms with van der Waals surface area (Å²) in [6.07, 6.45) is 0. The van der Waals surface area contributed by atoms with Gasteiger partial charge in [-0.3, -0.25) is 0 Å². The van der Waals surface area contributed by atoms with Crippen molar-refractivity contribution in [2.24, 2.45) is 0 Å². The first-order chi connectivity index (χ1) is 11.8.